The van der Waals surface area contributed by atoms with E-state index in [9.17, 15) is 9.59 Å². The van der Waals surface area contributed by atoms with Crippen molar-refractivity contribution in [3.63, 3.8) is 0 Å². The molecule has 1 aromatic heterocycles. The minimum atomic E-state index is -0.761. The second kappa shape index (κ2) is 5.64. The number of amides is 1. The van der Waals surface area contributed by atoms with Gasteiger partial charge >= 0.3 is 5.97 Å². The van der Waals surface area contributed by atoms with Gasteiger partial charge in [0.25, 0.3) is 5.91 Å². The minimum absolute atomic E-state index is 0.0236. The summed E-state index contributed by atoms with van der Waals surface area (Å²) in [5, 5.41) is 11.7. The highest BCUT2D eigenvalue weighted by Crippen LogP contribution is 2.24. The number of nitrogens with zero attached hydrogens (tertiary/aromatic N) is 2. The van der Waals surface area contributed by atoms with Crippen LogP contribution < -0.4 is 11.1 Å². The van der Waals surface area contributed by atoms with Crippen LogP contribution in [0.2, 0.25) is 0 Å². The minimum Gasteiger partial charge on any atom is -0.481 e. The Balaban J connectivity index is 1.91. The second-order valence-corrected chi connectivity index (χ2v) is 4.65. The van der Waals surface area contributed by atoms with Gasteiger partial charge in [-0.05, 0) is 25.7 Å². The summed E-state index contributed by atoms with van der Waals surface area (Å²) >= 11 is 0. The molecule has 2 rings (SSSR count). The summed E-state index contributed by atoms with van der Waals surface area (Å²) in [6.45, 7) is 0. The lowest BCUT2D eigenvalue weighted by molar-refractivity contribution is -0.142. The summed E-state index contributed by atoms with van der Waals surface area (Å²) in [5.74, 6) is -1.32. The van der Waals surface area contributed by atoms with E-state index in [2.05, 4.69) is 15.3 Å². The number of rotatable bonds is 3. The van der Waals surface area contributed by atoms with Crippen LogP contribution in [0.4, 0.5) is 5.82 Å². The number of carboxylic acids is 1. The molecule has 1 fully saturated rings. The molecule has 4 N–H and O–H groups in total. The fourth-order valence-corrected chi connectivity index (χ4v) is 2.26. The Kier molecular flexibility index (Phi) is 3.94. The van der Waals surface area contributed by atoms with Crippen molar-refractivity contribution in [1.82, 2.24) is 15.3 Å². The SMILES string of the molecule is Nc1nccnc1C(=O)NC1CCC(C(=O)O)CC1. The Labute approximate surface area is 110 Å². The van der Waals surface area contributed by atoms with Crippen LogP contribution in [-0.2, 0) is 4.79 Å². The standard InChI is InChI=1S/C12H16N4O3/c13-10-9(14-5-6-15-10)11(17)16-8-3-1-7(2-4-8)12(18)19/h5-8H,1-4H2,(H2,13,15)(H,16,17)(H,18,19). The molecule has 0 radical (unpaired) electrons. The fourth-order valence-electron chi connectivity index (χ4n) is 2.26. The number of carboxylic acid groups (broad SMARTS) is 1. The molecule has 102 valence electrons. The Bertz CT molecular complexity index is 484. The van der Waals surface area contributed by atoms with E-state index in [0.717, 1.165) is 0 Å². The third kappa shape index (κ3) is 3.18. The molecule has 0 saturated heterocycles. The molecule has 0 spiro atoms. The van der Waals surface area contributed by atoms with Crippen molar-refractivity contribution in [2.45, 2.75) is 31.7 Å². The van der Waals surface area contributed by atoms with E-state index >= 15 is 0 Å². The van der Waals surface area contributed by atoms with Crippen molar-refractivity contribution in [1.29, 1.82) is 0 Å². The van der Waals surface area contributed by atoms with Crippen LogP contribution in [0.15, 0.2) is 12.4 Å². The van der Waals surface area contributed by atoms with Crippen LogP contribution in [0.1, 0.15) is 36.2 Å². The van der Waals surface area contributed by atoms with E-state index in [-0.39, 0.29) is 29.4 Å². The smallest absolute Gasteiger partial charge is 0.306 e. The molecule has 0 bridgehead atoms. The van der Waals surface area contributed by atoms with Crippen molar-refractivity contribution in [3.05, 3.63) is 18.1 Å². The summed E-state index contributed by atoms with van der Waals surface area (Å²) in [6.07, 6.45) is 5.30. The van der Waals surface area contributed by atoms with Gasteiger partial charge in [-0.1, -0.05) is 0 Å². The maximum atomic E-state index is 11.9. The van der Waals surface area contributed by atoms with E-state index in [1.54, 1.807) is 0 Å². The van der Waals surface area contributed by atoms with Crippen molar-refractivity contribution in [2.24, 2.45) is 5.92 Å². The lowest BCUT2D eigenvalue weighted by atomic mass is 9.86. The average Bonchev–Trinajstić information content (AvgIpc) is 2.39. The molecule has 1 aromatic rings. The van der Waals surface area contributed by atoms with Crippen molar-refractivity contribution >= 4 is 17.7 Å². The van der Waals surface area contributed by atoms with Gasteiger partial charge in [-0.15, -0.1) is 0 Å². The van der Waals surface area contributed by atoms with E-state index in [1.807, 2.05) is 0 Å². The fraction of sp³-hybridized carbons (Fsp3) is 0.500. The number of anilines is 1. The normalized spacial score (nSPS) is 22.7. The molecular formula is C12H16N4O3. The lowest BCUT2D eigenvalue weighted by Crippen LogP contribution is -2.39. The van der Waals surface area contributed by atoms with Crippen LogP contribution in [-0.4, -0.2) is 33.0 Å². The van der Waals surface area contributed by atoms with Gasteiger partial charge in [0.05, 0.1) is 5.92 Å². The van der Waals surface area contributed by atoms with Crippen LogP contribution in [0.25, 0.3) is 0 Å². The van der Waals surface area contributed by atoms with Gasteiger partial charge in [0.15, 0.2) is 11.5 Å². The first-order valence-electron chi connectivity index (χ1n) is 6.18. The third-order valence-corrected chi connectivity index (χ3v) is 3.35. The quantitative estimate of drug-likeness (QED) is 0.728. The highest BCUT2D eigenvalue weighted by atomic mass is 16.4. The largest absolute Gasteiger partial charge is 0.481 e. The maximum absolute atomic E-state index is 11.9. The van der Waals surface area contributed by atoms with Crippen molar-refractivity contribution in [2.75, 3.05) is 5.73 Å². The zero-order valence-electron chi connectivity index (χ0n) is 10.4. The molecule has 7 nitrogen and oxygen atoms in total. The Morgan fingerprint density at radius 3 is 2.42 bits per heavy atom. The molecule has 0 unspecified atom stereocenters. The summed E-state index contributed by atoms with van der Waals surface area (Å²) in [4.78, 5) is 30.5. The predicted octanol–water partition coefficient (Wildman–Crippen LogP) is 0.432. The maximum Gasteiger partial charge on any atom is 0.306 e. The van der Waals surface area contributed by atoms with Gasteiger partial charge in [-0.3, -0.25) is 9.59 Å². The average molecular weight is 264 g/mol. The van der Waals surface area contributed by atoms with Gasteiger partial charge < -0.3 is 16.2 Å². The molecule has 0 aromatic carbocycles. The monoisotopic (exact) mass is 264 g/mol. The molecule has 1 saturated carbocycles. The Morgan fingerprint density at radius 2 is 1.84 bits per heavy atom. The van der Waals surface area contributed by atoms with Crippen LogP contribution >= 0.6 is 0 Å². The predicted molar refractivity (Wildman–Crippen MR) is 67.3 cm³/mol. The summed E-state index contributed by atoms with van der Waals surface area (Å²) in [6, 6.07) is -0.0236. The zero-order chi connectivity index (χ0) is 13.8. The van der Waals surface area contributed by atoms with Gasteiger partial charge in [-0.2, -0.15) is 0 Å². The number of carbonyl (C=O) groups is 2. The number of nitrogen functional groups attached to an aromatic ring is 1. The molecule has 1 aliphatic rings. The Hall–Kier alpha value is -2.18. The van der Waals surface area contributed by atoms with Crippen LogP contribution in [0, 0.1) is 5.92 Å². The number of hydrogen-bond acceptors (Lipinski definition) is 5. The Morgan fingerprint density at radius 1 is 1.21 bits per heavy atom. The summed E-state index contributed by atoms with van der Waals surface area (Å²) < 4.78 is 0. The molecule has 0 aliphatic heterocycles. The van der Waals surface area contributed by atoms with Gasteiger partial charge in [0, 0.05) is 18.4 Å². The first-order chi connectivity index (χ1) is 9.08. The van der Waals surface area contributed by atoms with Crippen molar-refractivity contribution in [3.8, 4) is 0 Å². The molecule has 1 heterocycles. The molecule has 1 amide bonds. The number of carbonyl (C=O) groups excluding carboxylic acids is 1. The molecule has 1 aliphatic carbocycles. The van der Waals surface area contributed by atoms with E-state index in [0.29, 0.717) is 25.7 Å². The van der Waals surface area contributed by atoms with Crippen LogP contribution in [0.3, 0.4) is 0 Å². The van der Waals surface area contributed by atoms with E-state index in [1.165, 1.54) is 12.4 Å². The van der Waals surface area contributed by atoms with Gasteiger partial charge in [0.1, 0.15) is 0 Å². The summed E-state index contributed by atoms with van der Waals surface area (Å²) in [7, 11) is 0. The number of nitrogens with one attached hydrogen (secondary N) is 1. The van der Waals surface area contributed by atoms with E-state index in [4.69, 9.17) is 10.8 Å². The first kappa shape index (κ1) is 13.3. The summed E-state index contributed by atoms with van der Waals surface area (Å²) in [5.41, 5.74) is 5.69. The highest BCUT2D eigenvalue weighted by molar-refractivity contribution is 5.96. The molecule has 19 heavy (non-hydrogen) atoms. The molecule has 0 atom stereocenters. The topological polar surface area (TPSA) is 118 Å². The number of aromatic nitrogens is 2. The first-order valence-corrected chi connectivity index (χ1v) is 6.18. The van der Waals surface area contributed by atoms with Gasteiger partial charge in [-0.25, -0.2) is 9.97 Å². The number of hydrogen-bond donors (Lipinski definition) is 3. The lowest BCUT2D eigenvalue weighted by Gasteiger charge is -2.26. The molecular weight excluding hydrogens is 248 g/mol. The van der Waals surface area contributed by atoms with Crippen LogP contribution in [0.5, 0.6) is 0 Å². The number of nitrogens with two attached hydrogens (primary N) is 1. The number of aliphatic carboxylic acids is 1. The van der Waals surface area contributed by atoms with Gasteiger partial charge in [0.2, 0.25) is 0 Å². The third-order valence-electron chi connectivity index (χ3n) is 3.35. The van der Waals surface area contributed by atoms with E-state index < -0.39 is 5.97 Å². The molecule has 7 heteroatoms. The highest BCUT2D eigenvalue weighted by Gasteiger charge is 2.27. The van der Waals surface area contributed by atoms with Crippen molar-refractivity contribution < 1.29 is 14.7 Å². The second-order valence-electron chi connectivity index (χ2n) is 4.65. The zero-order valence-corrected chi connectivity index (χ0v) is 10.4.